The summed E-state index contributed by atoms with van der Waals surface area (Å²) in [7, 11) is 0. The minimum absolute atomic E-state index is 0.367. The molecule has 0 aliphatic heterocycles. The summed E-state index contributed by atoms with van der Waals surface area (Å²) in [6.45, 7) is 8.32. The van der Waals surface area contributed by atoms with E-state index >= 15 is 0 Å². The molecule has 1 saturated carbocycles. The molecule has 16 heavy (non-hydrogen) atoms. The molecule has 0 heterocycles. The first-order valence-electron chi connectivity index (χ1n) is 5.82. The lowest BCUT2D eigenvalue weighted by Crippen LogP contribution is -2.06. The number of rotatable bonds is 4. The number of nitrogens with one attached hydrogen (secondary N) is 1. The summed E-state index contributed by atoms with van der Waals surface area (Å²) >= 11 is 0. The summed E-state index contributed by atoms with van der Waals surface area (Å²) in [5, 5.41) is 3.33. The fourth-order valence-corrected chi connectivity index (χ4v) is 2.27. The molecular weight excluding hydrogens is 194 g/mol. The topological polar surface area (TPSA) is 12.0 Å². The van der Waals surface area contributed by atoms with Crippen molar-refractivity contribution in [3.63, 3.8) is 0 Å². The Morgan fingerprint density at radius 1 is 1.44 bits per heavy atom. The summed E-state index contributed by atoms with van der Waals surface area (Å²) in [5.41, 5.74) is 3.01. The molecule has 0 amide bonds. The van der Waals surface area contributed by atoms with Crippen molar-refractivity contribution in [3.05, 3.63) is 54.8 Å². The Morgan fingerprint density at radius 2 is 2.12 bits per heavy atom. The second-order valence-electron chi connectivity index (χ2n) is 4.81. The Kier molecular flexibility index (Phi) is 2.86. The lowest BCUT2D eigenvalue weighted by atomic mass is 9.94. The summed E-state index contributed by atoms with van der Waals surface area (Å²) in [5.74, 6) is 0.791. The van der Waals surface area contributed by atoms with Crippen LogP contribution in [-0.4, -0.2) is 0 Å². The molecule has 2 unspecified atom stereocenters. The quantitative estimate of drug-likeness (QED) is 0.743. The van der Waals surface area contributed by atoms with Gasteiger partial charge in [-0.3, -0.25) is 0 Å². The third kappa shape index (κ3) is 1.90. The maximum atomic E-state index is 3.66. The SMILES string of the molecule is C=C/C=C\Nc1ccccc1C1(C)CC1C. The molecule has 2 atom stereocenters. The van der Waals surface area contributed by atoms with E-state index in [0.717, 1.165) is 5.92 Å². The van der Waals surface area contributed by atoms with E-state index < -0.39 is 0 Å². The van der Waals surface area contributed by atoms with Gasteiger partial charge in [-0.1, -0.05) is 44.7 Å². The van der Waals surface area contributed by atoms with Crippen LogP contribution < -0.4 is 5.32 Å². The fourth-order valence-electron chi connectivity index (χ4n) is 2.27. The van der Waals surface area contributed by atoms with Crippen LogP contribution in [0.2, 0.25) is 0 Å². The van der Waals surface area contributed by atoms with E-state index in [-0.39, 0.29) is 0 Å². The molecule has 1 fully saturated rings. The van der Waals surface area contributed by atoms with Crippen molar-refractivity contribution in [1.82, 2.24) is 0 Å². The molecule has 0 aromatic heterocycles. The van der Waals surface area contributed by atoms with Gasteiger partial charge >= 0.3 is 0 Å². The summed E-state index contributed by atoms with van der Waals surface area (Å²) < 4.78 is 0. The minimum Gasteiger partial charge on any atom is -0.361 e. The van der Waals surface area contributed by atoms with Crippen LogP contribution in [-0.2, 0) is 5.41 Å². The first-order chi connectivity index (χ1) is 7.68. The second-order valence-corrected chi connectivity index (χ2v) is 4.81. The van der Waals surface area contributed by atoms with Gasteiger partial charge in [0.2, 0.25) is 0 Å². The molecule has 1 aromatic carbocycles. The zero-order valence-corrected chi connectivity index (χ0v) is 10.0. The van der Waals surface area contributed by atoms with Gasteiger partial charge in [-0.15, -0.1) is 0 Å². The highest BCUT2D eigenvalue weighted by molar-refractivity contribution is 5.58. The Morgan fingerprint density at radius 3 is 2.75 bits per heavy atom. The van der Waals surface area contributed by atoms with Gasteiger partial charge in [0.1, 0.15) is 0 Å². The Bertz CT molecular complexity index is 419. The third-order valence-corrected chi connectivity index (χ3v) is 3.67. The van der Waals surface area contributed by atoms with E-state index in [1.54, 1.807) is 6.08 Å². The van der Waals surface area contributed by atoms with Crippen LogP contribution in [0.4, 0.5) is 5.69 Å². The van der Waals surface area contributed by atoms with Crippen LogP contribution in [0.3, 0.4) is 0 Å². The van der Waals surface area contributed by atoms with Crippen molar-refractivity contribution in [1.29, 1.82) is 0 Å². The van der Waals surface area contributed by atoms with E-state index in [4.69, 9.17) is 0 Å². The van der Waals surface area contributed by atoms with E-state index in [9.17, 15) is 0 Å². The number of anilines is 1. The highest BCUT2D eigenvalue weighted by Gasteiger charge is 2.48. The van der Waals surface area contributed by atoms with Crippen molar-refractivity contribution in [2.24, 2.45) is 5.92 Å². The van der Waals surface area contributed by atoms with E-state index in [0.29, 0.717) is 5.41 Å². The highest BCUT2D eigenvalue weighted by atomic mass is 14.8. The number of allylic oxidation sites excluding steroid dienone is 2. The van der Waals surface area contributed by atoms with Gasteiger partial charge in [0, 0.05) is 11.9 Å². The highest BCUT2D eigenvalue weighted by Crippen LogP contribution is 2.55. The van der Waals surface area contributed by atoms with E-state index in [2.05, 4.69) is 50.0 Å². The fraction of sp³-hybridized carbons (Fsp3) is 0.333. The van der Waals surface area contributed by atoms with Crippen molar-refractivity contribution in [2.75, 3.05) is 5.32 Å². The minimum atomic E-state index is 0.367. The number of para-hydroxylation sites is 1. The van der Waals surface area contributed by atoms with Crippen LogP contribution in [0.1, 0.15) is 25.8 Å². The molecule has 1 N–H and O–H groups in total. The van der Waals surface area contributed by atoms with Gasteiger partial charge in [0.15, 0.2) is 0 Å². The normalized spacial score (nSPS) is 28.0. The predicted molar refractivity (Wildman–Crippen MR) is 70.5 cm³/mol. The van der Waals surface area contributed by atoms with Crippen LogP contribution in [0.15, 0.2) is 49.2 Å². The maximum Gasteiger partial charge on any atom is 0.0417 e. The molecule has 84 valence electrons. The standard InChI is InChI=1S/C15H19N/c1-4-5-10-16-14-9-7-6-8-13(14)15(3)11-12(15)2/h4-10,12,16H,1,11H2,2-3H3/b10-5-. The zero-order valence-electron chi connectivity index (χ0n) is 10.0. The van der Waals surface area contributed by atoms with Gasteiger partial charge in [0.25, 0.3) is 0 Å². The maximum absolute atomic E-state index is 3.66. The Hall–Kier alpha value is -1.50. The first-order valence-corrected chi connectivity index (χ1v) is 5.82. The third-order valence-electron chi connectivity index (χ3n) is 3.67. The van der Waals surface area contributed by atoms with Gasteiger partial charge in [-0.2, -0.15) is 0 Å². The Labute approximate surface area is 97.9 Å². The molecule has 0 spiro atoms. The molecule has 2 rings (SSSR count). The smallest absolute Gasteiger partial charge is 0.0417 e. The molecule has 0 saturated heterocycles. The lowest BCUT2D eigenvalue weighted by Gasteiger charge is -2.15. The van der Waals surface area contributed by atoms with Gasteiger partial charge in [0.05, 0.1) is 0 Å². The molecular formula is C15H19N. The van der Waals surface area contributed by atoms with Crippen molar-refractivity contribution in [2.45, 2.75) is 25.7 Å². The van der Waals surface area contributed by atoms with Gasteiger partial charge in [-0.05, 0) is 35.5 Å². The molecule has 1 nitrogen and oxygen atoms in total. The van der Waals surface area contributed by atoms with Crippen molar-refractivity contribution >= 4 is 5.69 Å². The molecule has 0 radical (unpaired) electrons. The van der Waals surface area contributed by atoms with Crippen LogP contribution in [0.25, 0.3) is 0 Å². The average Bonchev–Trinajstić information content (AvgIpc) is 2.89. The monoisotopic (exact) mass is 213 g/mol. The molecule has 1 heteroatoms. The van der Waals surface area contributed by atoms with Crippen LogP contribution in [0.5, 0.6) is 0 Å². The molecule has 1 aromatic rings. The summed E-state index contributed by atoms with van der Waals surface area (Å²) in [6, 6.07) is 8.56. The second kappa shape index (κ2) is 4.17. The molecule has 1 aliphatic rings. The van der Waals surface area contributed by atoms with Gasteiger partial charge in [-0.25, -0.2) is 0 Å². The average molecular weight is 213 g/mol. The molecule has 1 aliphatic carbocycles. The zero-order chi connectivity index (χ0) is 11.6. The van der Waals surface area contributed by atoms with Crippen LogP contribution >= 0.6 is 0 Å². The van der Waals surface area contributed by atoms with Crippen LogP contribution in [0, 0.1) is 5.92 Å². The van der Waals surface area contributed by atoms with E-state index in [1.807, 2.05) is 12.3 Å². The number of hydrogen-bond donors (Lipinski definition) is 1. The largest absolute Gasteiger partial charge is 0.361 e. The summed E-state index contributed by atoms with van der Waals surface area (Å²) in [4.78, 5) is 0. The first kappa shape index (κ1) is 11.0. The molecule has 0 bridgehead atoms. The van der Waals surface area contributed by atoms with Crippen molar-refractivity contribution < 1.29 is 0 Å². The number of benzene rings is 1. The van der Waals surface area contributed by atoms with E-state index in [1.165, 1.54) is 17.7 Å². The number of hydrogen-bond acceptors (Lipinski definition) is 1. The van der Waals surface area contributed by atoms with Gasteiger partial charge < -0.3 is 5.32 Å². The Balaban J connectivity index is 2.24. The summed E-state index contributed by atoms with van der Waals surface area (Å²) in [6.07, 6.45) is 6.91. The van der Waals surface area contributed by atoms with Crippen molar-refractivity contribution in [3.8, 4) is 0 Å². The lowest BCUT2D eigenvalue weighted by molar-refractivity contribution is 0.704. The predicted octanol–water partition coefficient (Wildman–Crippen LogP) is 4.10.